The van der Waals surface area contributed by atoms with Gasteiger partial charge in [-0.05, 0) is 38.1 Å². The fourth-order valence-corrected chi connectivity index (χ4v) is 2.89. The monoisotopic (exact) mass is 309 g/mol. The molecule has 1 aromatic carbocycles. The Labute approximate surface area is 129 Å². The zero-order chi connectivity index (χ0) is 14.1. The average Bonchev–Trinajstić information content (AvgIpc) is 3.06. The van der Waals surface area contributed by atoms with Gasteiger partial charge in [-0.25, -0.2) is 4.68 Å². The van der Waals surface area contributed by atoms with Crippen molar-refractivity contribution in [1.82, 2.24) is 25.2 Å². The number of halogens is 1. The van der Waals surface area contributed by atoms with E-state index in [1.807, 2.05) is 37.2 Å². The first-order valence-electron chi connectivity index (χ1n) is 6.95. The minimum atomic E-state index is 0. The number of amides is 1. The molecule has 1 unspecified atom stereocenters. The Morgan fingerprint density at radius 3 is 3.05 bits per heavy atom. The average molecular weight is 310 g/mol. The smallest absolute Gasteiger partial charge is 0.254 e. The molecule has 1 saturated heterocycles. The first-order chi connectivity index (χ1) is 9.70. The Morgan fingerprint density at radius 1 is 1.48 bits per heavy atom. The lowest BCUT2D eigenvalue weighted by molar-refractivity contribution is 0.0737. The number of hydrogen-bond acceptors (Lipinski definition) is 4. The molecule has 6 nitrogen and oxygen atoms in total. The first-order valence-corrected chi connectivity index (χ1v) is 6.95. The molecule has 1 atom stereocenters. The van der Waals surface area contributed by atoms with E-state index in [0.29, 0.717) is 11.6 Å². The number of nitrogens with one attached hydrogen (secondary N) is 1. The summed E-state index contributed by atoms with van der Waals surface area (Å²) in [5, 5.41) is 11.2. The van der Waals surface area contributed by atoms with Crippen molar-refractivity contribution in [2.75, 3.05) is 20.1 Å². The molecule has 7 heteroatoms. The minimum Gasteiger partial charge on any atom is -0.334 e. The fraction of sp³-hybridized carbons (Fsp3) is 0.500. The molecule has 114 valence electrons. The maximum absolute atomic E-state index is 12.6. The summed E-state index contributed by atoms with van der Waals surface area (Å²) >= 11 is 0. The summed E-state index contributed by atoms with van der Waals surface area (Å²) in [6.07, 6.45) is 2.14. The molecule has 0 spiro atoms. The normalized spacial score (nSPS) is 18.0. The summed E-state index contributed by atoms with van der Waals surface area (Å²) in [6.45, 7) is 1.68. The van der Waals surface area contributed by atoms with Gasteiger partial charge in [0.05, 0.1) is 5.52 Å². The summed E-state index contributed by atoms with van der Waals surface area (Å²) in [5.74, 6) is 0.0929. The van der Waals surface area contributed by atoms with Crippen LogP contribution in [0, 0.1) is 0 Å². The van der Waals surface area contributed by atoms with Gasteiger partial charge >= 0.3 is 0 Å². The standard InChI is InChI=1S/C14H19N5O.ClH/c1-15-9-11-4-3-7-19(11)14(20)10-5-6-13-12(8-10)16-17-18(13)2;/h5-6,8,11,15H,3-4,7,9H2,1-2H3;1H. The molecule has 1 aromatic heterocycles. The van der Waals surface area contributed by atoms with Crippen molar-refractivity contribution in [1.29, 1.82) is 0 Å². The summed E-state index contributed by atoms with van der Waals surface area (Å²) in [6, 6.07) is 5.90. The SMILES string of the molecule is CNCC1CCCN1C(=O)c1ccc2c(c1)nnn2C.Cl. The molecular formula is C14H20ClN5O. The van der Waals surface area contributed by atoms with Crippen molar-refractivity contribution in [3.05, 3.63) is 23.8 Å². The van der Waals surface area contributed by atoms with Crippen molar-refractivity contribution >= 4 is 29.3 Å². The molecule has 2 heterocycles. The maximum atomic E-state index is 12.6. The van der Waals surface area contributed by atoms with E-state index in [4.69, 9.17) is 0 Å². The summed E-state index contributed by atoms with van der Waals surface area (Å²) in [7, 11) is 3.77. The van der Waals surface area contributed by atoms with E-state index in [1.165, 1.54) is 0 Å². The van der Waals surface area contributed by atoms with Crippen LogP contribution in [0.5, 0.6) is 0 Å². The van der Waals surface area contributed by atoms with Gasteiger partial charge < -0.3 is 10.2 Å². The Morgan fingerprint density at radius 2 is 2.29 bits per heavy atom. The molecular weight excluding hydrogens is 290 g/mol. The van der Waals surface area contributed by atoms with Crippen LogP contribution in [0.1, 0.15) is 23.2 Å². The zero-order valence-corrected chi connectivity index (χ0v) is 13.1. The fourth-order valence-electron chi connectivity index (χ4n) is 2.89. The summed E-state index contributed by atoms with van der Waals surface area (Å²) in [4.78, 5) is 14.6. The predicted molar refractivity (Wildman–Crippen MR) is 83.7 cm³/mol. The van der Waals surface area contributed by atoms with Gasteiger partial charge in [-0.3, -0.25) is 4.79 Å². The number of carbonyl (C=O) groups excluding carboxylic acids is 1. The highest BCUT2D eigenvalue weighted by atomic mass is 35.5. The van der Waals surface area contributed by atoms with Crippen molar-refractivity contribution in [2.45, 2.75) is 18.9 Å². The van der Waals surface area contributed by atoms with Gasteiger partial charge in [-0.1, -0.05) is 5.21 Å². The molecule has 2 aromatic rings. The minimum absolute atomic E-state index is 0. The third kappa shape index (κ3) is 2.87. The van der Waals surface area contributed by atoms with Crippen molar-refractivity contribution in [3.63, 3.8) is 0 Å². The number of likely N-dealkylation sites (tertiary alicyclic amines) is 1. The quantitative estimate of drug-likeness (QED) is 0.926. The van der Waals surface area contributed by atoms with Crippen molar-refractivity contribution in [2.24, 2.45) is 7.05 Å². The molecule has 1 aliphatic heterocycles. The second kappa shape index (κ2) is 6.41. The van der Waals surface area contributed by atoms with Gasteiger partial charge in [0.15, 0.2) is 0 Å². The third-order valence-electron chi connectivity index (χ3n) is 3.94. The molecule has 1 aliphatic rings. The Hall–Kier alpha value is -1.66. The highest BCUT2D eigenvalue weighted by Crippen LogP contribution is 2.21. The van der Waals surface area contributed by atoms with Gasteiger partial charge in [0, 0.05) is 31.7 Å². The van der Waals surface area contributed by atoms with Crippen molar-refractivity contribution < 1.29 is 4.79 Å². The predicted octanol–water partition coefficient (Wildman–Crippen LogP) is 1.21. The lowest BCUT2D eigenvalue weighted by Gasteiger charge is -2.24. The maximum Gasteiger partial charge on any atom is 0.254 e. The number of nitrogens with zero attached hydrogens (tertiary/aromatic N) is 4. The Bertz CT molecular complexity index is 641. The lowest BCUT2D eigenvalue weighted by Crippen LogP contribution is -2.40. The molecule has 21 heavy (non-hydrogen) atoms. The third-order valence-corrected chi connectivity index (χ3v) is 3.94. The van der Waals surface area contributed by atoms with Crippen LogP contribution in [0.3, 0.4) is 0 Å². The summed E-state index contributed by atoms with van der Waals surface area (Å²) in [5.41, 5.74) is 2.40. The number of aryl methyl sites for hydroxylation is 1. The Balaban J connectivity index is 0.00000161. The van der Waals surface area contributed by atoms with Crippen LogP contribution in [0.15, 0.2) is 18.2 Å². The van der Waals surface area contributed by atoms with Crippen LogP contribution in [0.4, 0.5) is 0 Å². The lowest BCUT2D eigenvalue weighted by atomic mass is 10.1. The van der Waals surface area contributed by atoms with E-state index in [0.717, 1.165) is 37.0 Å². The molecule has 1 N–H and O–H groups in total. The number of likely N-dealkylation sites (N-methyl/N-ethyl adjacent to an activating group) is 1. The molecule has 1 amide bonds. The van der Waals surface area contributed by atoms with Crippen LogP contribution in [-0.4, -0.2) is 52.0 Å². The van der Waals surface area contributed by atoms with Gasteiger partial charge in [0.1, 0.15) is 5.52 Å². The van der Waals surface area contributed by atoms with E-state index in [-0.39, 0.29) is 18.3 Å². The molecule has 0 aliphatic carbocycles. The molecule has 3 rings (SSSR count). The number of aromatic nitrogens is 3. The van der Waals surface area contributed by atoms with E-state index < -0.39 is 0 Å². The van der Waals surface area contributed by atoms with Gasteiger partial charge in [0.25, 0.3) is 5.91 Å². The largest absolute Gasteiger partial charge is 0.334 e. The number of fused-ring (bicyclic) bond motifs is 1. The second-order valence-corrected chi connectivity index (χ2v) is 5.27. The van der Waals surface area contributed by atoms with E-state index in [1.54, 1.807) is 4.68 Å². The molecule has 0 radical (unpaired) electrons. The molecule has 1 fully saturated rings. The topological polar surface area (TPSA) is 63.1 Å². The highest BCUT2D eigenvalue weighted by Gasteiger charge is 2.28. The van der Waals surface area contributed by atoms with Crippen LogP contribution in [0.25, 0.3) is 11.0 Å². The highest BCUT2D eigenvalue weighted by molar-refractivity contribution is 5.97. The number of hydrogen-bond donors (Lipinski definition) is 1. The molecule has 0 bridgehead atoms. The van der Waals surface area contributed by atoms with E-state index in [9.17, 15) is 4.79 Å². The Kier molecular flexibility index (Phi) is 4.80. The van der Waals surface area contributed by atoms with Crippen LogP contribution >= 0.6 is 12.4 Å². The van der Waals surface area contributed by atoms with E-state index >= 15 is 0 Å². The van der Waals surface area contributed by atoms with Crippen LogP contribution in [-0.2, 0) is 7.05 Å². The number of rotatable bonds is 3. The van der Waals surface area contributed by atoms with E-state index in [2.05, 4.69) is 15.6 Å². The first kappa shape index (κ1) is 15.7. The number of carbonyl (C=O) groups is 1. The number of benzene rings is 1. The van der Waals surface area contributed by atoms with Gasteiger partial charge in [-0.2, -0.15) is 0 Å². The summed E-state index contributed by atoms with van der Waals surface area (Å²) < 4.78 is 1.71. The second-order valence-electron chi connectivity index (χ2n) is 5.27. The van der Waals surface area contributed by atoms with Gasteiger partial charge in [-0.15, -0.1) is 17.5 Å². The van der Waals surface area contributed by atoms with Crippen LogP contribution < -0.4 is 5.32 Å². The zero-order valence-electron chi connectivity index (χ0n) is 12.2. The van der Waals surface area contributed by atoms with Gasteiger partial charge in [0.2, 0.25) is 0 Å². The van der Waals surface area contributed by atoms with Crippen LogP contribution in [0.2, 0.25) is 0 Å². The van der Waals surface area contributed by atoms with Crippen molar-refractivity contribution in [3.8, 4) is 0 Å². The molecule has 0 saturated carbocycles.